The summed E-state index contributed by atoms with van der Waals surface area (Å²) in [6.07, 6.45) is 1.78. The van der Waals surface area contributed by atoms with Crippen LogP contribution in [0.1, 0.15) is 30.1 Å². The van der Waals surface area contributed by atoms with Gasteiger partial charge in [-0.15, -0.1) is 0 Å². The van der Waals surface area contributed by atoms with Crippen molar-refractivity contribution in [1.29, 1.82) is 0 Å². The fraction of sp³-hybridized carbons (Fsp3) is 0.364. The van der Waals surface area contributed by atoms with Crippen LogP contribution in [0.4, 0.5) is 5.69 Å². The van der Waals surface area contributed by atoms with Crippen LogP contribution in [0.3, 0.4) is 0 Å². The topological polar surface area (TPSA) is 72.5 Å². The Morgan fingerprint density at radius 2 is 2.27 bits per heavy atom. The van der Waals surface area contributed by atoms with Crippen LogP contribution in [0.2, 0.25) is 0 Å². The molecule has 0 spiro atoms. The molecule has 0 atom stereocenters. The number of rotatable bonds is 4. The average molecular weight is 209 g/mol. The molecule has 82 valence electrons. The largest absolute Gasteiger partial charge is 0.508 e. The maximum absolute atomic E-state index is 11.5. The summed E-state index contributed by atoms with van der Waals surface area (Å²) in [4.78, 5) is 11.5. The number of benzene rings is 1. The Labute approximate surface area is 88.7 Å². The summed E-state index contributed by atoms with van der Waals surface area (Å²) >= 11 is 0. The molecule has 0 heterocycles. The van der Waals surface area contributed by atoms with Gasteiger partial charge in [0.25, 0.3) is 0 Å². The lowest BCUT2D eigenvalue weighted by molar-refractivity contribution is 0.0500. The van der Waals surface area contributed by atoms with E-state index in [9.17, 15) is 9.90 Å². The molecule has 0 aliphatic carbocycles. The first-order chi connectivity index (χ1) is 7.15. The van der Waals surface area contributed by atoms with Gasteiger partial charge in [-0.2, -0.15) is 0 Å². The number of hydrogen-bond donors (Lipinski definition) is 2. The molecule has 0 aliphatic rings. The quantitative estimate of drug-likeness (QED) is 0.344. The number of carbonyl (C=O) groups excluding carboxylic acids is 1. The molecule has 4 heteroatoms. The summed E-state index contributed by atoms with van der Waals surface area (Å²) in [6.45, 7) is 2.39. The summed E-state index contributed by atoms with van der Waals surface area (Å²) in [6, 6.07) is 4.22. The minimum Gasteiger partial charge on any atom is -0.508 e. The number of phenols is 1. The van der Waals surface area contributed by atoms with Gasteiger partial charge in [-0.25, -0.2) is 4.79 Å². The first-order valence-corrected chi connectivity index (χ1v) is 4.90. The zero-order chi connectivity index (χ0) is 11.3. The van der Waals surface area contributed by atoms with Crippen LogP contribution in [0.15, 0.2) is 18.2 Å². The van der Waals surface area contributed by atoms with E-state index in [4.69, 9.17) is 10.5 Å². The Bertz CT molecular complexity index is 350. The minimum absolute atomic E-state index is 0.00615. The van der Waals surface area contributed by atoms with E-state index in [-0.39, 0.29) is 11.3 Å². The molecule has 1 rings (SSSR count). The number of unbranched alkanes of at least 4 members (excludes halogenated alkanes) is 1. The van der Waals surface area contributed by atoms with Crippen LogP contribution in [-0.4, -0.2) is 17.7 Å². The predicted octanol–water partition coefficient (Wildman–Crippen LogP) is 1.93. The van der Waals surface area contributed by atoms with Crippen LogP contribution in [0.5, 0.6) is 5.75 Å². The molecule has 0 amide bonds. The van der Waals surface area contributed by atoms with Gasteiger partial charge in [-0.1, -0.05) is 13.3 Å². The summed E-state index contributed by atoms with van der Waals surface area (Å²) in [7, 11) is 0. The molecule has 0 aromatic heterocycles. The molecule has 0 fully saturated rings. The van der Waals surface area contributed by atoms with E-state index in [1.165, 1.54) is 18.2 Å². The van der Waals surface area contributed by atoms with Crippen molar-refractivity contribution in [3.63, 3.8) is 0 Å². The number of ether oxygens (including phenoxy) is 1. The molecule has 0 bridgehead atoms. The zero-order valence-electron chi connectivity index (χ0n) is 8.69. The number of aromatic hydroxyl groups is 1. The standard InChI is InChI=1S/C11H15NO3/c1-2-3-6-15-11(14)9-7-8(13)4-5-10(9)12/h4-5,7,13H,2-3,6,12H2,1H3. The lowest BCUT2D eigenvalue weighted by Gasteiger charge is -2.06. The number of nitrogens with two attached hydrogens (primary N) is 1. The van der Waals surface area contributed by atoms with Crippen molar-refractivity contribution in [2.75, 3.05) is 12.3 Å². The van der Waals surface area contributed by atoms with Crippen molar-refractivity contribution in [3.05, 3.63) is 23.8 Å². The third-order valence-corrected chi connectivity index (χ3v) is 1.99. The van der Waals surface area contributed by atoms with Gasteiger partial charge in [0, 0.05) is 5.69 Å². The summed E-state index contributed by atoms with van der Waals surface area (Å²) in [5.41, 5.74) is 6.11. The van der Waals surface area contributed by atoms with Crippen molar-refractivity contribution in [1.82, 2.24) is 0 Å². The molecule has 4 nitrogen and oxygen atoms in total. The van der Waals surface area contributed by atoms with E-state index in [0.717, 1.165) is 12.8 Å². The van der Waals surface area contributed by atoms with Crippen molar-refractivity contribution in [3.8, 4) is 5.75 Å². The van der Waals surface area contributed by atoms with Crippen molar-refractivity contribution in [2.24, 2.45) is 0 Å². The highest BCUT2D eigenvalue weighted by atomic mass is 16.5. The summed E-state index contributed by atoms with van der Waals surface area (Å²) in [5, 5.41) is 9.19. The molecule has 3 N–H and O–H groups in total. The highest BCUT2D eigenvalue weighted by Gasteiger charge is 2.11. The summed E-state index contributed by atoms with van der Waals surface area (Å²) in [5.74, 6) is -0.483. The van der Waals surface area contributed by atoms with Crippen LogP contribution in [0.25, 0.3) is 0 Å². The molecule has 0 radical (unpaired) electrons. The van der Waals surface area contributed by atoms with E-state index >= 15 is 0 Å². The zero-order valence-corrected chi connectivity index (χ0v) is 8.69. The number of carbonyl (C=O) groups is 1. The van der Waals surface area contributed by atoms with Gasteiger partial charge in [0.2, 0.25) is 0 Å². The monoisotopic (exact) mass is 209 g/mol. The number of nitrogen functional groups attached to an aromatic ring is 1. The Morgan fingerprint density at radius 1 is 1.53 bits per heavy atom. The molecular formula is C11H15NO3. The molecule has 0 saturated carbocycles. The van der Waals surface area contributed by atoms with Crippen molar-refractivity contribution >= 4 is 11.7 Å². The fourth-order valence-corrected chi connectivity index (χ4v) is 1.11. The molecular weight excluding hydrogens is 194 g/mol. The smallest absolute Gasteiger partial charge is 0.340 e. The van der Waals surface area contributed by atoms with Gasteiger partial charge in [0.15, 0.2) is 0 Å². The van der Waals surface area contributed by atoms with Crippen molar-refractivity contribution in [2.45, 2.75) is 19.8 Å². The van der Waals surface area contributed by atoms with E-state index in [1.807, 2.05) is 6.92 Å². The second-order valence-corrected chi connectivity index (χ2v) is 3.26. The van der Waals surface area contributed by atoms with Gasteiger partial charge in [0.1, 0.15) is 5.75 Å². The normalized spacial score (nSPS) is 9.93. The van der Waals surface area contributed by atoms with Gasteiger partial charge in [-0.3, -0.25) is 0 Å². The Hall–Kier alpha value is -1.71. The Balaban J connectivity index is 2.68. The fourth-order valence-electron chi connectivity index (χ4n) is 1.11. The van der Waals surface area contributed by atoms with E-state index in [2.05, 4.69) is 0 Å². The maximum atomic E-state index is 11.5. The maximum Gasteiger partial charge on any atom is 0.340 e. The average Bonchev–Trinajstić information content (AvgIpc) is 2.22. The highest BCUT2D eigenvalue weighted by molar-refractivity contribution is 5.95. The van der Waals surface area contributed by atoms with Gasteiger partial charge >= 0.3 is 5.97 Å². The number of anilines is 1. The van der Waals surface area contributed by atoms with Gasteiger partial charge < -0.3 is 15.6 Å². The second kappa shape index (κ2) is 5.24. The molecule has 1 aromatic rings. The Kier molecular flexibility index (Phi) is 3.97. The predicted molar refractivity (Wildman–Crippen MR) is 57.7 cm³/mol. The lowest BCUT2D eigenvalue weighted by atomic mass is 10.2. The number of phenolic OH excluding ortho intramolecular Hbond substituents is 1. The third-order valence-electron chi connectivity index (χ3n) is 1.99. The molecule has 15 heavy (non-hydrogen) atoms. The van der Waals surface area contributed by atoms with Crippen LogP contribution in [-0.2, 0) is 4.74 Å². The van der Waals surface area contributed by atoms with Crippen molar-refractivity contribution < 1.29 is 14.6 Å². The van der Waals surface area contributed by atoms with Crippen LogP contribution in [0, 0.1) is 0 Å². The first-order valence-electron chi connectivity index (χ1n) is 4.90. The van der Waals surface area contributed by atoms with Gasteiger partial charge in [0.05, 0.1) is 12.2 Å². The summed E-state index contributed by atoms with van der Waals surface area (Å²) < 4.78 is 4.97. The van der Waals surface area contributed by atoms with E-state index in [1.54, 1.807) is 0 Å². The van der Waals surface area contributed by atoms with Crippen LogP contribution < -0.4 is 5.73 Å². The molecule has 1 aromatic carbocycles. The number of hydrogen-bond acceptors (Lipinski definition) is 4. The highest BCUT2D eigenvalue weighted by Crippen LogP contribution is 2.19. The van der Waals surface area contributed by atoms with Gasteiger partial charge in [-0.05, 0) is 24.6 Å². The first kappa shape index (κ1) is 11.4. The minimum atomic E-state index is -0.489. The molecule has 0 aliphatic heterocycles. The number of esters is 1. The second-order valence-electron chi connectivity index (χ2n) is 3.26. The van der Waals surface area contributed by atoms with E-state index < -0.39 is 5.97 Å². The lowest BCUT2D eigenvalue weighted by Crippen LogP contribution is -2.08. The molecule has 0 saturated heterocycles. The third kappa shape index (κ3) is 3.16. The van der Waals surface area contributed by atoms with E-state index in [0.29, 0.717) is 12.3 Å². The SMILES string of the molecule is CCCCOC(=O)c1cc(O)ccc1N. The van der Waals surface area contributed by atoms with Crippen LogP contribution >= 0.6 is 0 Å². The molecule has 0 unspecified atom stereocenters. The Morgan fingerprint density at radius 3 is 2.93 bits per heavy atom.